The smallest absolute Gasteiger partial charge is 0.311 e. The minimum Gasteiger partial charge on any atom is -0.481 e. The monoisotopic (exact) mass is 264 g/mol. The Labute approximate surface area is 110 Å². The molecule has 0 amide bonds. The number of benzene rings is 1. The summed E-state index contributed by atoms with van der Waals surface area (Å²) in [6.07, 6.45) is 3.24. The first-order valence-electron chi connectivity index (χ1n) is 6.25. The zero-order valence-electron chi connectivity index (χ0n) is 10.5. The first-order chi connectivity index (χ1) is 9.03. The quantitative estimate of drug-likeness (QED) is 0.630. The van der Waals surface area contributed by atoms with Gasteiger partial charge in [0.2, 0.25) is 0 Å². The molecule has 1 aromatic rings. The van der Waals surface area contributed by atoms with E-state index in [1.54, 1.807) is 12.1 Å². The van der Waals surface area contributed by atoms with E-state index in [1.165, 1.54) is 12.1 Å². The molecule has 1 aliphatic carbocycles. The first-order valence-corrected chi connectivity index (χ1v) is 6.25. The van der Waals surface area contributed by atoms with Gasteiger partial charge in [0, 0.05) is 24.4 Å². The van der Waals surface area contributed by atoms with Gasteiger partial charge in [0.05, 0.1) is 10.3 Å². The lowest BCUT2D eigenvalue weighted by Gasteiger charge is -2.24. The number of carboxylic acid groups (broad SMARTS) is 1. The number of non-ortho nitro benzene ring substituents is 1. The minimum atomic E-state index is -0.764. The molecule has 1 fully saturated rings. The Morgan fingerprint density at radius 1 is 1.32 bits per heavy atom. The number of anilines is 1. The summed E-state index contributed by atoms with van der Waals surface area (Å²) in [4.78, 5) is 21.4. The molecule has 0 bridgehead atoms. The average Bonchev–Trinajstić information content (AvgIpc) is 2.87. The predicted molar refractivity (Wildman–Crippen MR) is 70.1 cm³/mol. The molecule has 0 heterocycles. The Morgan fingerprint density at radius 3 is 2.37 bits per heavy atom. The zero-order chi connectivity index (χ0) is 13.9. The lowest BCUT2D eigenvalue weighted by molar-refractivity contribution is -0.384. The lowest BCUT2D eigenvalue weighted by atomic mass is 9.86. The Bertz CT molecular complexity index is 478. The van der Waals surface area contributed by atoms with Crippen molar-refractivity contribution in [1.29, 1.82) is 0 Å². The largest absolute Gasteiger partial charge is 0.481 e. The molecule has 102 valence electrons. The van der Waals surface area contributed by atoms with Gasteiger partial charge in [-0.15, -0.1) is 0 Å². The zero-order valence-corrected chi connectivity index (χ0v) is 10.5. The summed E-state index contributed by atoms with van der Waals surface area (Å²) in [5, 5.41) is 22.9. The third kappa shape index (κ3) is 2.83. The van der Waals surface area contributed by atoms with Crippen LogP contribution >= 0.6 is 0 Å². The number of rotatable bonds is 5. The number of carboxylic acids is 1. The fourth-order valence-electron chi connectivity index (χ4n) is 2.49. The second-order valence-electron chi connectivity index (χ2n) is 4.95. The van der Waals surface area contributed by atoms with Crippen LogP contribution in [0.15, 0.2) is 24.3 Å². The van der Waals surface area contributed by atoms with E-state index in [0.717, 1.165) is 12.8 Å². The van der Waals surface area contributed by atoms with E-state index in [9.17, 15) is 20.0 Å². The molecule has 6 nitrogen and oxygen atoms in total. The van der Waals surface area contributed by atoms with Crippen LogP contribution in [0, 0.1) is 15.5 Å². The van der Waals surface area contributed by atoms with E-state index in [0.29, 0.717) is 25.1 Å². The highest BCUT2D eigenvalue weighted by atomic mass is 16.6. The van der Waals surface area contributed by atoms with Gasteiger partial charge in [-0.3, -0.25) is 14.9 Å². The van der Waals surface area contributed by atoms with Gasteiger partial charge in [0.15, 0.2) is 0 Å². The summed E-state index contributed by atoms with van der Waals surface area (Å²) in [5.74, 6) is -0.764. The van der Waals surface area contributed by atoms with Crippen molar-refractivity contribution in [1.82, 2.24) is 0 Å². The fraction of sp³-hybridized carbons (Fsp3) is 0.462. The fourth-order valence-corrected chi connectivity index (χ4v) is 2.49. The van der Waals surface area contributed by atoms with Crippen molar-refractivity contribution >= 4 is 17.3 Å². The predicted octanol–water partition coefficient (Wildman–Crippen LogP) is 2.65. The molecule has 2 rings (SSSR count). The average molecular weight is 264 g/mol. The number of carbonyl (C=O) groups is 1. The van der Waals surface area contributed by atoms with Crippen molar-refractivity contribution in [3.8, 4) is 0 Å². The molecule has 0 aliphatic heterocycles. The van der Waals surface area contributed by atoms with E-state index in [1.807, 2.05) is 0 Å². The van der Waals surface area contributed by atoms with Crippen LogP contribution < -0.4 is 5.32 Å². The minimum absolute atomic E-state index is 0.0272. The maximum atomic E-state index is 11.4. The van der Waals surface area contributed by atoms with Gasteiger partial charge in [-0.05, 0) is 25.0 Å². The van der Waals surface area contributed by atoms with Gasteiger partial charge in [0.25, 0.3) is 5.69 Å². The third-order valence-corrected chi connectivity index (χ3v) is 3.72. The topological polar surface area (TPSA) is 92.5 Å². The second kappa shape index (κ2) is 5.26. The van der Waals surface area contributed by atoms with Gasteiger partial charge < -0.3 is 10.4 Å². The van der Waals surface area contributed by atoms with Crippen LogP contribution in [0.1, 0.15) is 25.7 Å². The number of nitrogens with one attached hydrogen (secondary N) is 1. The normalized spacial score (nSPS) is 17.1. The van der Waals surface area contributed by atoms with Crippen molar-refractivity contribution in [2.45, 2.75) is 25.7 Å². The van der Waals surface area contributed by atoms with Gasteiger partial charge in [-0.25, -0.2) is 0 Å². The molecule has 6 heteroatoms. The third-order valence-electron chi connectivity index (χ3n) is 3.72. The summed E-state index contributed by atoms with van der Waals surface area (Å²) in [6.45, 7) is 0.361. The molecule has 0 saturated heterocycles. The molecule has 1 aromatic carbocycles. The Hall–Kier alpha value is -2.11. The molecule has 0 unspecified atom stereocenters. The highest BCUT2D eigenvalue weighted by Gasteiger charge is 2.40. The van der Waals surface area contributed by atoms with Crippen molar-refractivity contribution in [2.24, 2.45) is 5.41 Å². The highest BCUT2D eigenvalue weighted by molar-refractivity contribution is 5.76. The Morgan fingerprint density at radius 2 is 1.89 bits per heavy atom. The number of nitro benzene ring substituents is 1. The maximum Gasteiger partial charge on any atom is 0.311 e. The van der Waals surface area contributed by atoms with E-state index in [4.69, 9.17) is 0 Å². The number of nitrogens with zero attached hydrogens (tertiary/aromatic N) is 1. The number of hydrogen-bond donors (Lipinski definition) is 2. The van der Waals surface area contributed by atoms with Gasteiger partial charge in [0.1, 0.15) is 0 Å². The van der Waals surface area contributed by atoms with Crippen molar-refractivity contribution in [3.05, 3.63) is 34.4 Å². The van der Waals surface area contributed by atoms with Crippen LogP contribution in [0.4, 0.5) is 11.4 Å². The van der Waals surface area contributed by atoms with Gasteiger partial charge >= 0.3 is 5.97 Å². The van der Waals surface area contributed by atoms with Crippen LogP contribution in [0.5, 0.6) is 0 Å². The van der Waals surface area contributed by atoms with Crippen molar-refractivity contribution in [2.75, 3.05) is 11.9 Å². The summed E-state index contributed by atoms with van der Waals surface area (Å²) in [7, 11) is 0. The number of nitro groups is 1. The molecule has 0 aromatic heterocycles. The van der Waals surface area contributed by atoms with Crippen molar-refractivity contribution in [3.63, 3.8) is 0 Å². The molecular weight excluding hydrogens is 248 g/mol. The highest BCUT2D eigenvalue weighted by Crippen LogP contribution is 2.38. The second-order valence-corrected chi connectivity index (χ2v) is 4.95. The first kappa shape index (κ1) is 13.3. The van der Waals surface area contributed by atoms with Crippen LogP contribution in [0.25, 0.3) is 0 Å². The summed E-state index contributed by atoms with van der Waals surface area (Å²) in [6, 6.07) is 6.01. The Balaban J connectivity index is 2.01. The molecule has 1 aliphatic rings. The van der Waals surface area contributed by atoms with Crippen molar-refractivity contribution < 1.29 is 14.8 Å². The molecule has 1 saturated carbocycles. The number of hydrogen-bond acceptors (Lipinski definition) is 4. The standard InChI is InChI=1S/C13H16N2O4/c16-12(17)13(7-1-2-8-13)9-14-10-3-5-11(6-4-10)15(18)19/h3-6,14H,1-2,7-9H2,(H,16,17). The SMILES string of the molecule is O=C(O)C1(CNc2ccc([N+](=O)[O-])cc2)CCCC1. The summed E-state index contributed by atoms with van der Waals surface area (Å²) >= 11 is 0. The van der Waals surface area contributed by atoms with Crippen LogP contribution in [-0.4, -0.2) is 22.5 Å². The Kier molecular flexibility index (Phi) is 3.69. The van der Waals surface area contributed by atoms with E-state index < -0.39 is 16.3 Å². The van der Waals surface area contributed by atoms with E-state index in [-0.39, 0.29) is 5.69 Å². The molecule has 0 atom stereocenters. The molecular formula is C13H16N2O4. The lowest BCUT2D eigenvalue weighted by Crippen LogP contribution is -2.35. The van der Waals surface area contributed by atoms with E-state index in [2.05, 4.69) is 5.32 Å². The van der Waals surface area contributed by atoms with Crippen LogP contribution in [-0.2, 0) is 4.79 Å². The maximum absolute atomic E-state index is 11.4. The molecule has 19 heavy (non-hydrogen) atoms. The van der Waals surface area contributed by atoms with Gasteiger partial charge in [-0.1, -0.05) is 12.8 Å². The van der Waals surface area contributed by atoms with Gasteiger partial charge in [-0.2, -0.15) is 0 Å². The molecule has 2 N–H and O–H groups in total. The van der Waals surface area contributed by atoms with E-state index >= 15 is 0 Å². The summed E-state index contributed by atoms with van der Waals surface area (Å²) < 4.78 is 0. The molecule has 0 spiro atoms. The van der Waals surface area contributed by atoms with Crippen LogP contribution in [0.3, 0.4) is 0 Å². The number of aliphatic carboxylic acids is 1. The molecule has 0 radical (unpaired) electrons. The summed E-state index contributed by atoms with van der Waals surface area (Å²) in [5.41, 5.74) is 0.0411. The van der Waals surface area contributed by atoms with Crippen LogP contribution in [0.2, 0.25) is 0 Å².